The van der Waals surface area contributed by atoms with E-state index in [2.05, 4.69) is 62.4 Å². The monoisotopic (exact) mass is 876 g/mol. The van der Waals surface area contributed by atoms with Crippen molar-refractivity contribution < 1.29 is 38.1 Å². The Kier molecular flexibility index (Phi) is 15.9. The maximum absolute atomic E-state index is 13.6. The highest BCUT2D eigenvalue weighted by molar-refractivity contribution is 7.22. The van der Waals surface area contributed by atoms with Gasteiger partial charge >= 0.3 is 23.9 Å². The number of ether oxygens (including phenoxy) is 4. The average Bonchev–Trinajstić information content (AvgIpc) is 3.74. The first-order chi connectivity index (χ1) is 30.1. The minimum atomic E-state index is -0.329. The smallest absolute Gasteiger partial charge is 0.314 e. The zero-order valence-electron chi connectivity index (χ0n) is 35.8. The van der Waals surface area contributed by atoms with Gasteiger partial charge < -0.3 is 18.9 Å². The third-order valence-electron chi connectivity index (χ3n) is 12.1. The number of fused-ring (bicyclic) bond motifs is 1. The normalized spacial score (nSPS) is 18.8. The lowest BCUT2D eigenvalue weighted by Gasteiger charge is -2.27. The molecular formula is C52H57ClO8S. The van der Waals surface area contributed by atoms with Gasteiger partial charge in [0.25, 0.3) is 0 Å². The van der Waals surface area contributed by atoms with Gasteiger partial charge in [0.2, 0.25) is 0 Å². The molecule has 0 radical (unpaired) electrons. The van der Waals surface area contributed by atoms with Crippen molar-refractivity contribution in [3.8, 4) is 21.9 Å². The summed E-state index contributed by atoms with van der Waals surface area (Å²) < 4.78 is 24.5. The van der Waals surface area contributed by atoms with Crippen LogP contribution in [0.2, 0.25) is 5.02 Å². The van der Waals surface area contributed by atoms with E-state index < -0.39 is 0 Å². The second-order valence-corrected chi connectivity index (χ2v) is 18.3. The summed E-state index contributed by atoms with van der Waals surface area (Å²) in [6.07, 6.45) is 10.4. The maximum Gasteiger partial charge on any atom is 0.314 e. The summed E-state index contributed by atoms with van der Waals surface area (Å²) in [5.74, 6) is -0.935. The highest BCUT2D eigenvalue weighted by Gasteiger charge is 2.32. The number of carbonyl (C=O) groups excluding carboxylic acids is 4. The minimum absolute atomic E-state index is 0.213. The molecule has 62 heavy (non-hydrogen) atoms. The summed E-state index contributed by atoms with van der Waals surface area (Å²) in [5, 5.41) is 1.29. The lowest BCUT2D eigenvalue weighted by molar-refractivity contribution is -0.153. The van der Waals surface area contributed by atoms with Crippen molar-refractivity contribution in [3.05, 3.63) is 118 Å². The second kappa shape index (κ2) is 21.9. The molecule has 0 bridgehead atoms. The fourth-order valence-corrected chi connectivity index (χ4v) is 9.78. The molecule has 0 spiro atoms. The summed E-state index contributed by atoms with van der Waals surface area (Å²) in [6, 6.07) is 29.7. The van der Waals surface area contributed by atoms with Gasteiger partial charge in [-0.15, -0.1) is 11.3 Å². The molecule has 2 saturated carbocycles. The number of thiophene rings is 1. The van der Waals surface area contributed by atoms with Crippen molar-refractivity contribution in [2.24, 2.45) is 11.8 Å². The molecule has 326 valence electrons. The number of benzene rings is 4. The zero-order chi connectivity index (χ0) is 43.4. The van der Waals surface area contributed by atoms with Gasteiger partial charge in [-0.2, -0.15) is 0 Å². The zero-order valence-corrected chi connectivity index (χ0v) is 37.4. The molecule has 5 aromatic rings. The Balaban J connectivity index is 0.922. The van der Waals surface area contributed by atoms with Gasteiger partial charge in [0, 0.05) is 28.1 Å². The third-order valence-corrected chi connectivity index (χ3v) is 13.6. The topological polar surface area (TPSA) is 105 Å². The first-order valence-electron chi connectivity index (χ1n) is 22.4. The Morgan fingerprint density at radius 2 is 0.968 bits per heavy atom. The van der Waals surface area contributed by atoms with Crippen molar-refractivity contribution >= 4 is 56.9 Å². The van der Waals surface area contributed by atoms with Gasteiger partial charge in [-0.3, -0.25) is 19.2 Å². The first-order valence-corrected chi connectivity index (χ1v) is 23.6. The average molecular weight is 878 g/mol. The van der Waals surface area contributed by atoms with E-state index in [0.717, 1.165) is 47.3 Å². The van der Waals surface area contributed by atoms with Crippen molar-refractivity contribution in [2.75, 3.05) is 0 Å². The van der Waals surface area contributed by atoms with E-state index in [1.807, 2.05) is 30.3 Å². The van der Waals surface area contributed by atoms with Crippen molar-refractivity contribution in [2.45, 2.75) is 129 Å². The number of hydrogen-bond donors (Lipinski definition) is 0. The van der Waals surface area contributed by atoms with E-state index in [1.165, 1.54) is 22.5 Å². The summed E-state index contributed by atoms with van der Waals surface area (Å²) in [7, 11) is 0. The molecule has 0 saturated heterocycles. The molecule has 8 nitrogen and oxygen atoms in total. The molecule has 4 aromatic carbocycles. The number of esters is 4. The van der Waals surface area contributed by atoms with Gasteiger partial charge in [0.05, 0.1) is 16.5 Å². The van der Waals surface area contributed by atoms with Crippen LogP contribution in [0.15, 0.2) is 91.0 Å². The second-order valence-electron chi connectivity index (χ2n) is 16.8. The molecule has 0 atom stereocenters. The number of rotatable bonds is 17. The van der Waals surface area contributed by atoms with Crippen LogP contribution in [0.1, 0.15) is 113 Å². The Morgan fingerprint density at radius 3 is 1.42 bits per heavy atom. The molecule has 2 fully saturated rings. The summed E-state index contributed by atoms with van der Waals surface area (Å²) in [4.78, 5) is 53.5. The first kappa shape index (κ1) is 45.0. The largest absolute Gasteiger partial charge is 0.462 e. The van der Waals surface area contributed by atoms with Crippen LogP contribution in [-0.4, -0.2) is 36.1 Å². The van der Waals surface area contributed by atoms with E-state index in [4.69, 9.17) is 30.5 Å². The van der Waals surface area contributed by atoms with Crippen LogP contribution in [0.25, 0.3) is 20.5 Å². The molecular weight excluding hydrogens is 820 g/mol. The van der Waals surface area contributed by atoms with E-state index in [9.17, 15) is 19.2 Å². The molecule has 7 rings (SSSR count). The van der Waals surface area contributed by atoms with Crippen LogP contribution >= 0.6 is 22.9 Å². The molecule has 0 unspecified atom stereocenters. The van der Waals surface area contributed by atoms with Crippen molar-refractivity contribution in [3.63, 3.8) is 0 Å². The van der Waals surface area contributed by atoms with Gasteiger partial charge in [-0.25, -0.2) is 0 Å². The Morgan fingerprint density at radius 1 is 0.548 bits per heavy atom. The third kappa shape index (κ3) is 12.3. The van der Waals surface area contributed by atoms with Crippen LogP contribution in [-0.2, 0) is 54.3 Å². The number of hydrogen-bond acceptors (Lipinski definition) is 9. The quantitative estimate of drug-likeness (QED) is 0.0672. The lowest BCUT2D eigenvalue weighted by atomic mass is 9.87. The molecule has 0 aliphatic heterocycles. The standard InChI is InChI=1S/C52H57ClO8S/c1-3-5-34-7-11-36(12-8-34)15-31-48(54)58-42-25-19-39(20-26-42)51(56)60-45-29-30-46(50-44(45)33-47(62-50)38-17-23-41(53)24-18-38)61-52(57)40-21-27-43(28-22-40)59-49(55)32-16-37-13-9-35(6-4-2)10-14-37/h7-14,17-18,23-24,29-30,33,39-40,42-43H,3-6,15-16,19-22,25-28,31-32H2,1-2H3. The predicted molar refractivity (Wildman–Crippen MR) is 245 cm³/mol. The minimum Gasteiger partial charge on any atom is -0.462 e. The van der Waals surface area contributed by atoms with Crippen LogP contribution in [0, 0.1) is 11.8 Å². The lowest BCUT2D eigenvalue weighted by Crippen LogP contribution is -2.30. The number of carbonyl (C=O) groups is 4. The van der Waals surface area contributed by atoms with E-state index in [1.54, 1.807) is 12.1 Å². The fraction of sp³-hybridized carbons (Fsp3) is 0.423. The Hall–Kier alpha value is -4.99. The van der Waals surface area contributed by atoms with Gasteiger partial charge in [0.1, 0.15) is 23.7 Å². The van der Waals surface area contributed by atoms with Crippen molar-refractivity contribution in [1.82, 2.24) is 0 Å². The van der Waals surface area contributed by atoms with Gasteiger partial charge in [-0.1, -0.05) is 99.0 Å². The highest BCUT2D eigenvalue weighted by atomic mass is 35.5. The van der Waals surface area contributed by atoms with Gasteiger partial charge in [-0.05, 0) is 135 Å². The molecule has 2 aliphatic carbocycles. The summed E-state index contributed by atoms with van der Waals surface area (Å²) >= 11 is 7.65. The summed E-state index contributed by atoms with van der Waals surface area (Å²) in [5.41, 5.74) is 5.78. The van der Waals surface area contributed by atoms with E-state index in [-0.39, 0.29) is 47.9 Å². The van der Waals surface area contributed by atoms with Gasteiger partial charge in [0.15, 0.2) is 0 Å². The molecule has 0 N–H and O–H groups in total. The van der Waals surface area contributed by atoms with Crippen molar-refractivity contribution in [1.29, 1.82) is 0 Å². The molecule has 1 heterocycles. The molecule has 0 amide bonds. The van der Waals surface area contributed by atoms with Crippen LogP contribution < -0.4 is 9.47 Å². The Bertz CT molecular complexity index is 2140. The SMILES string of the molecule is CCCc1ccc(CCC(=O)OC2CCC(C(=O)Oc3ccc(OC(=O)C4CCC(OC(=O)CCc5ccc(CCC)cc5)CC4)c4sc(-c5ccc(Cl)cc5)cc34)CC2)cc1. The number of halogens is 1. The maximum atomic E-state index is 13.6. The fourth-order valence-electron chi connectivity index (χ4n) is 8.52. The van der Waals surface area contributed by atoms with Crippen LogP contribution in [0.5, 0.6) is 11.5 Å². The predicted octanol–water partition coefficient (Wildman–Crippen LogP) is 12.4. The molecule has 1 aromatic heterocycles. The molecule has 10 heteroatoms. The molecule has 2 aliphatic rings. The van der Waals surface area contributed by atoms with Crippen LogP contribution in [0.4, 0.5) is 0 Å². The van der Waals surface area contributed by atoms with E-state index >= 15 is 0 Å². The van der Waals surface area contributed by atoms with E-state index in [0.29, 0.717) is 104 Å². The Labute approximate surface area is 374 Å². The summed E-state index contributed by atoms with van der Waals surface area (Å²) in [6.45, 7) is 4.32. The highest BCUT2D eigenvalue weighted by Crippen LogP contribution is 2.44. The van der Waals surface area contributed by atoms with Crippen LogP contribution in [0.3, 0.4) is 0 Å². The number of aryl methyl sites for hydroxylation is 4.